The molecule has 0 aliphatic heterocycles. The highest BCUT2D eigenvalue weighted by Crippen LogP contribution is 2.42. The Bertz CT molecular complexity index is 807. The summed E-state index contributed by atoms with van der Waals surface area (Å²) in [5.74, 6) is 1.23. The number of hydrogen-bond acceptors (Lipinski definition) is 0. The van der Waals surface area contributed by atoms with E-state index in [0.29, 0.717) is 17.9 Å². The van der Waals surface area contributed by atoms with Crippen molar-refractivity contribution in [2.75, 3.05) is 0 Å². The summed E-state index contributed by atoms with van der Waals surface area (Å²) in [6.45, 7) is 16.2. The Kier molecular flexibility index (Phi) is 7.07. The average molecular weight is 380 g/mol. The molecule has 1 heteroatoms. The van der Waals surface area contributed by atoms with Crippen molar-refractivity contribution in [1.82, 2.24) is 4.57 Å². The zero-order valence-corrected chi connectivity index (χ0v) is 19.0. The van der Waals surface area contributed by atoms with Crippen molar-refractivity contribution >= 4 is 10.9 Å². The minimum absolute atomic E-state index is 0.452. The predicted octanol–water partition coefficient (Wildman–Crippen LogP) is 8.68. The number of hydrogen-bond donors (Lipinski definition) is 0. The number of nitrogens with zero attached hydrogens (tertiary/aromatic N) is 1. The van der Waals surface area contributed by atoms with E-state index in [1.807, 2.05) is 0 Å². The number of rotatable bonds is 8. The lowest BCUT2D eigenvalue weighted by molar-refractivity contribution is 0.474. The number of unbranched alkanes of at least 4 members (excludes halogenated alkanes) is 2. The number of benzene rings is 1. The zero-order chi connectivity index (χ0) is 20.3. The van der Waals surface area contributed by atoms with Gasteiger partial charge in [-0.15, -0.1) is 0 Å². The fourth-order valence-electron chi connectivity index (χ4n) is 5.14. The molecular weight excluding hydrogens is 338 g/mol. The van der Waals surface area contributed by atoms with Crippen molar-refractivity contribution in [2.24, 2.45) is 0 Å². The molecule has 0 bridgehead atoms. The van der Waals surface area contributed by atoms with Crippen LogP contribution in [-0.4, -0.2) is 4.57 Å². The molecule has 2 aromatic rings. The van der Waals surface area contributed by atoms with Gasteiger partial charge in [0.15, 0.2) is 0 Å². The first kappa shape index (κ1) is 21.2. The smallest absolute Gasteiger partial charge is 0.0546 e. The van der Waals surface area contributed by atoms with Gasteiger partial charge in [0.1, 0.15) is 0 Å². The molecule has 1 nitrogen and oxygen atoms in total. The average Bonchev–Trinajstić information content (AvgIpc) is 2.88. The normalized spacial score (nSPS) is 18.3. The van der Waals surface area contributed by atoms with Crippen molar-refractivity contribution in [3.05, 3.63) is 47.2 Å². The van der Waals surface area contributed by atoms with E-state index in [1.165, 1.54) is 73.4 Å². The van der Waals surface area contributed by atoms with Crippen LogP contribution in [0.25, 0.3) is 10.9 Å². The summed E-state index contributed by atoms with van der Waals surface area (Å²) in [6.07, 6.45) is 11.5. The lowest BCUT2D eigenvalue weighted by Gasteiger charge is -2.27. The molecule has 0 N–H and O–H groups in total. The van der Waals surface area contributed by atoms with Crippen molar-refractivity contribution in [3.8, 4) is 0 Å². The zero-order valence-electron chi connectivity index (χ0n) is 19.0. The van der Waals surface area contributed by atoms with Gasteiger partial charge in [-0.3, -0.25) is 0 Å². The van der Waals surface area contributed by atoms with Gasteiger partial charge in [0.05, 0.1) is 6.04 Å². The van der Waals surface area contributed by atoms with Crippen molar-refractivity contribution < 1.29 is 0 Å². The molecule has 3 rings (SSSR count). The van der Waals surface area contributed by atoms with Crippen molar-refractivity contribution in [2.45, 2.75) is 110 Å². The predicted molar refractivity (Wildman–Crippen MR) is 125 cm³/mol. The van der Waals surface area contributed by atoms with Crippen LogP contribution < -0.4 is 0 Å². The standard InChI is InChI=1S/C27H41N/c1-7-9-10-15-25(20(5)8-2)28-26-17-16-22(19(3)4)18-24(26)23-14-12-11-13-21(6)27(23)28/h16-19,21,25H,5,7-15H2,1-4,6H3. The van der Waals surface area contributed by atoms with E-state index in [4.69, 9.17) is 0 Å². The van der Waals surface area contributed by atoms with Crippen molar-refractivity contribution in [3.63, 3.8) is 0 Å². The molecule has 0 amide bonds. The van der Waals surface area contributed by atoms with Gasteiger partial charge in [-0.05, 0) is 67.2 Å². The van der Waals surface area contributed by atoms with Gasteiger partial charge < -0.3 is 4.57 Å². The number of aromatic nitrogens is 1. The Labute approximate surface area is 173 Å². The van der Waals surface area contributed by atoms with Crippen LogP contribution in [0.5, 0.6) is 0 Å². The molecule has 2 unspecified atom stereocenters. The summed E-state index contributed by atoms with van der Waals surface area (Å²) in [5.41, 5.74) is 7.61. The fraction of sp³-hybridized carbons (Fsp3) is 0.630. The molecule has 1 aromatic carbocycles. The Morgan fingerprint density at radius 2 is 1.96 bits per heavy atom. The van der Waals surface area contributed by atoms with E-state index in [0.717, 1.165) is 6.42 Å². The molecule has 1 aromatic heterocycles. The third-order valence-electron chi connectivity index (χ3n) is 6.94. The third kappa shape index (κ3) is 4.09. The van der Waals surface area contributed by atoms with Gasteiger partial charge in [-0.1, -0.05) is 78.5 Å². The number of allylic oxidation sites excluding steroid dienone is 1. The molecule has 1 heterocycles. The van der Waals surface area contributed by atoms with E-state index in [1.54, 1.807) is 11.3 Å². The summed E-state index contributed by atoms with van der Waals surface area (Å²) in [5, 5.41) is 1.53. The fourth-order valence-corrected chi connectivity index (χ4v) is 5.14. The van der Waals surface area contributed by atoms with Crippen LogP contribution in [0.3, 0.4) is 0 Å². The molecule has 0 radical (unpaired) electrons. The Balaban J connectivity index is 2.22. The van der Waals surface area contributed by atoms with Gasteiger partial charge in [-0.2, -0.15) is 0 Å². The highest BCUT2D eigenvalue weighted by atomic mass is 15.0. The van der Waals surface area contributed by atoms with Crippen LogP contribution in [0.2, 0.25) is 0 Å². The molecule has 154 valence electrons. The maximum Gasteiger partial charge on any atom is 0.0546 e. The summed E-state index contributed by atoms with van der Waals surface area (Å²) < 4.78 is 2.74. The minimum atomic E-state index is 0.452. The number of aryl methyl sites for hydroxylation is 1. The molecule has 0 saturated carbocycles. The monoisotopic (exact) mass is 379 g/mol. The third-order valence-corrected chi connectivity index (χ3v) is 6.94. The molecule has 1 aliphatic rings. The van der Waals surface area contributed by atoms with E-state index >= 15 is 0 Å². The molecule has 0 saturated heterocycles. The second-order valence-electron chi connectivity index (χ2n) is 9.34. The summed E-state index contributed by atoms with van der Waals surface area (Å²) in [7, 11) is 0. The molecule has 1 aliphatic carbocycles. The maximum absolute atomic E-state index is 4.54. The molecule has 28 heavy (non-hydrogen) atoms. The van der Waals surface area contributed by atoms with Gasteiger partial charge >= 0.3 is 0 Å². The lowest BCUT2D eigenvalue weighted by atomic mass is 9.96. The molecule has 0 fully saturated rings. The van der Waals surface area contributed by atoms with Gasteiger partial charge in [0.25, 0.3) is 0 Å². The second kappa shape index (κ2) is 9.33. The Morgan fingerprint density at radius 3 is 2.64 bits per heavy atom. The first-order valence-electron chi connectivity index (χ1n) is 11.8. The Morgan fingerprint density at radius 1 is 1.18 bits per heavy atom. The highest BCUT2D eigenvalue weighted by molar-refractivity contribution is 5.87. The van der Waals surface area contributed by atoms with Crippen LogP contribution in [0.4, 0.5) is 0 Å². The van der Waals surface area contributed by atoms with Gasteiger partial charge in [0.2, 0.25) is 0 Å². The summed E-state index contributed by atoms with van der Waals surface area (Å²) in [4.78, 5) is 0. The first-order chi connectivity index (χ1) is 13.5. The molecular formula is C27H41N. The number of fused-ring (bicyclic) bond motifs is 3. The largest absolute Gasteiger partial charge is 0.337 e. The quantitative estimate of drug-likeness (QED) is 0.245. The van der Waals surface area contributed by atoms with Crippen LogP contribution in [0.1, 0.15) is 121 Å². The minimum Gasteiger partial charge on any atom is -0.337 e. The molecule has 2 atom stereocenters. The second-order valence-corrected chi connectivity index (χ2v) is 9.34. The van der Waals surface area contributed by atoms with E-state index in [2.05, 4.69) is 64.0 Å². The summed E-state index contributed by atoms with van der Waals surface area (Å²) >= 11 is 0. The van der Waals surface area contributed by atoms with Gasteiger partial charge in [0, 0.05) is 16.6 Å². The van der Waals surface area contributed by atoms with Crippen LogP contribution in [-0.2, 0) is 6.42 Å². The molecule has 0 spiro atoms. The van der Waals surface area contributed by atoms with E-state index < -0.39 is 0 Å². The van der Waals surface area contributed by atoms with Crippen LogP contribution in [0, 0.1) is 0 Å². The highest BCUT2D eigenvalue weighted by Gasteiger charge is 2.28. The van der Waals surface area contributed by atoms with E-state index in [-0.39, 0.29) is 0 Å². The SMILES string of the molecule is C=C(CC)C(CCCCC)n1c2c(c3cc(C(C)C)ccc31)CCCCC2C. The topological polar surface area (TPSA) is 4.93 Å². The Hall–Kier alpha value is -1.50. The van der Waals surface area contributed by atoms with E-state index in [9.17, 15) is 0 Å². The lowest BCUT2D eigenvalue weighted by Crippen LogP contribution is -2.16. The first-order valence-corrected chi connectivity index (χ1v) is 11.8. The van der Waals surface area contributed by atoms with Gasteiger partial charge in [-0.25, -0.2) is 0 Å². The summed E-state index contributed by atoms with van der Waals surface area (Å²) in [6, 6.07) is 7.74. The van der Waals surface area contributed by atoms with Crippen LogP contribution >= 0.6 is 0 Å². The van der Waals surface area contributed by atoms with Crippen molar-refractivity contribution in [1.29, 1.82) is 0 Å². The van der Waals surface area contributed by atoms with Crippen LogP contribution in [0.15, 0.2) is 30.4 Å². The maximum atomic E-state index is 4.54.